The average Bonchev–Trinajstić information content (AvgIpc) is 2.13. The quantitative estimate of drug-likeness (QED) is 0.628. The van der Waals surface area contributed by atoms with Crippen molar-refractivity contribution in [3.05, 3.63) is 35.4 Å². The largest absolute Gasteiger partial charge is 0.362 e. The minimum atomic E-state index is 0.521. The molecule has 1 atom stereocenters. The molecule has 2 rings (SSSR count). The van der Waals surface area contributed by atoms with Crippen LogP contribution in [-0.2, 0) is 0 Å². The first kappa shape index (κ1) is 8.70. The third-order valence-corrected chi connectivity index (χ3v) is 3.11. The second-order valence-electron chi connectivity index (χ2n) is 3.64. The highest BCUT2D eigenvalue weighted by Gasteiger charge is 2.30. The molecule has 0 N–H and O–H groups in total. The first-order valence-corrected chi connectivity index (χ1v) is 4.91. The van der Waals surface area contributed by atoms with Crippen LogP contribution in [0.1, 0.15) is 23.6 Å². The van der Waals surface area contributed by atoms with E-state index in [1.807, 2.05) is 0 Å². The van der Waals surface area contributed by atoms with E-state index in [1.54, 1.807) is 0 Å². The Morgan fingerprint density at radius 2 is 2.23 bits per heavy atom. The molecule has 68 valence electrons. The minimum Gasteiger partial charge on any atom is -0.362 e. The zero-order valence-electron chi connectivity index (χ0n) is 7.95. The summed E-state index contributed by atoms with van der Waals surface area (Å²) in [6.45, 7) is 2.13. The molecule has 1 saturated heterocycles. The van der Waals surface area contributed by atoms with Crippen molar-refractivity contribution in [2.45, 2.75) is 19.4 Å². The highest BCUT2D eigenvalue weighted by Crippen LogP contribution is 2.33. The second kappa shape index (κ2) is 3.11. The molecule has 1 nitrogen and oxygen atoms in total. The van der Waals surface area contributed by atoms with Crippen LogP contribution in [0.3, 0.4) is 0 Å². The molecule has 1 aliphatic heterocycles. The topological polar surface area (TPSA) is 3.24 Å². The molecule has 0 spiro atoms. The van der Waals surface area contributed by atoms with Crippen LogP contribution < -0.4 is 0 Å². The van der Waals surface area contributed by atoms with Crippen molar-refractivity contribution in [1.29, 1.82) is 0 Å². The van der Waals surface area contributed by atoms with Crippen molar-refractivity contribution in [2.24, 2.45) is 0 Å². The Labute approximate surface area is 84.4 Å². The smallest absolute Gasteiger partial charge is 0.0806 e. The van der Waals surface area contributed by atoms with Crippen LogP contribution in [0, 0.1) is 6.92 Å². The Kier molecular flexibility index (Phi) is 2.08. The van der Waals surface area contributed by atoms with Gasteiger partial charge >= 0.3 is 0 Å². The number of benzene rings is 1. The monoisotopic (exact) mass is 191 g/mol. The number of nitrogens with zero attached hydrogens (tertiary/aromatic N) is 1. The first-order valence-electron chi connectivity index (χ1n) is 4.50. The van der Waals surface area contributed by atoms with Gasteiger partial charge in [-0.3, -0.25) is 0 Å². The number of hydrogen-bond acceptors (Lipinski definition) is 1. The third-order valence-electron chi connectivity index (χ3n) is 2.66. The van der Waals surface area contributed by atoms with E-state index in [2.05, 4.69) is 43.1 Å². The fraction of sp³-hybridized carbons (Fsp3) is 0.364. The molecule has 0 amide bonds. The molecule has 1 fully saturated rings. The Morgan fingerprint density at radius 1 is 1.46 bits per heavy atom. The highest BCUT2D eigenvalue weighted by molar-refractivity contribution is 7.80. The van der Waals surface area contributed by atoms with Crippen LogP contribution in [0.4, 0.5) is 0 Å². The molecule has 2 heteroatoms. The molecule has 1 aliphatic rings. The van der Waals surface area contributed by atoms with Gasteiger partial charge in [-0.25, -0.2) is 0 Å². The van der Waals surface area contributed by atoms with Gasteiger partial charge in [0.15, 0.2) is 0 Å². The Bertz CT molecular complexity index is 346. The van der Waals surface area contributed by atoms with E-state index >= 15 is 0 Å². The summed E-state index contributed by atoms with van der Waals surface area (Å²) in [6.07, 6.45) is 1.04. The number of rotatable bonds is 1. The van der Waals surface area contributed by atoms with Gasteiger partial charge in [-0.1, -0.05) is 42.0 Å². The van der Waals surface area contributed by atoms with Gasteiger partial charge in [0.05, 0.1) is 11.0 Å². The van der Waals surface area contributed by atoms with Gasteiger partial charge in [-0.15, -0.1) is 0 Å². The summed E-state index contributed by atoms with van der Waals surface area (Å²) in [5.41, 5.74) is 2.71. The van der Waals surface area contributed by atoms with Gasteiger partial charge in [0.2, 0.25) is 0 Å². The number of aryl methyl sites for hydroxylation is 1. The fourth-order valence-corrected chi connectivity index (χ4v) is 2.01. The SMILES string of the molecule is Cc1cccc(C2CC(=S)N2C)c1. The molecule has 0 aliphatic carbocycles. The average molecular weight is 191 g/mol. The summed E-state index contributed by atoms with van der Waals surface area (Å²) < 4.78 is 0. The Morgan fingerprint density at radius 3 is 2.77 bits per heavy atom. The summed E-state index contributed by atoms with van der Waals surface area (Å²) in [5, 5.41) is 0. The van der Waals surface area contributed by atoms with E-state index in [9.17, 15) is 0 Å². The van der Waals surface area contributed by atoms with Crippen molar-refractivity contribution in [2.75, 3.05) is 7.05 Å². The lowest BCUT2D eigenvalue weighted by Gasteiger charge is -2.40. The van der Waals surface area contributed by atoms with Gasteiger partial charge < -0.3 is 4.90 Å². The standard InChI is InChI=1S/C11H13NS/c1-8-4-3-5-9(6-8)10-7-11(13)12(10)2/h3-6,10H,7H2,1-2H3. The van der Waals surface area contributed by atoms with Gasteiger partial charge in [0.25, 0.3) is 0 Å². The van der Waals surface area contributed by atoms with E-state index in [1.165, 1.54) is 11.1 Å². The maximum atomic E-state index is 5.14. The predicted octanol–water partition coefficient (Wildman–Crippen LogP) is 2.70. The lowest BCUT2D eigenvalue weighted by molar-refractivity contribution is 0.311. The summed E-state index contributed by atoms with van der Waals surface area (Å²) >= 11 is 5.14. The van der Waals surface area contributed by atoms with Gasteiger partial charge in [0, 0.05) is 13.5 Å². The molecular weight excluding hydrogens is 178 g/mol. The molecule has 1 aromatic carbocycles. The summed E-state index contributed by atoms with van der Waals surface area (Å²) in [7, 11) is 2.07. The van der Waals surface area contributed by atoms with Crippen LogP contribution >= 0.6 is 12.2 Å². The summed E-state index contributed by atoms with van der Waals surface area (Å²) in [5.74, 6) is 0. The minimum absolute atomic E-state index is 0.521. The van der Waals surface area contributed by atoms with E-state index in [-0.39, 0.29) is 0 Å². The Balaban J connectivity index is 2.23. The van der Waals surface area contributed by atoms with Crippen LogP contribution in [-0.4, -0.2) is 16.9 Å². The highest BCUT2D eigenvalue weighted by atomic mass is 32.1. The summed E-state index contributed by atoms with van der Waals surface area (Å²) in [6, 6.07) is 9.17. The normalized spacial score (nSPS) is 21.5. The van der Waals surface area contributed by atoms with Crippen LogP contribution in [0.5, 0.6) is 0 Å². The molecule has 0 aromatic heterocycles. The molecular formula is C11H13NS. The lowest BCUT2D eigenvalue weighted by Crippen LogP contribution is -2.41. The molecule has 0 radical (unpaired) electrons. The number of likely N-dealkylation sites (tertiary alicyclic amines) is 1. The van der Waals surface area contributed by atoms with Crippen molar-refractivity contribution < 1.29 is 0 Å². The van der Waals surface area contributed by atoms with Gasteiger partial charge in [-0.05, 0) is 12.5 Å². The molecule has 0 saturated carbocycles. The van der Waals surface area contributed by atoms with Gasteiger partial charge in [-0.2, -0.15) is 0 Å². The van der Waals surface area contributed by atoms with Crippen LogP contribution in [0.15, 0.2) is 24.3 Å². The maximum Gasteiger partial charge on any atom is 0.0806 e. The summed E-state index contributed by atoms with van der Waals surface area (Å²) in [4.78, 5) is 3.25. The first-order chi connectivity index (χ1) is 6.18. The van der Waals surface area contributed by atoms with E-state index < -0.39 is 0 Å². The van der Waals surface area contributed by atoms with Crippen molar-refractivity contribution >= 4 is 17.2 Å². The third kappa shape index (κ3) is 1.46. The van der Waals surface area contributed by atoms with Crippen molar-refractivity contribution in [3.63, 3.8) is 0 Å². The molecule has 1 unspecified atom stereocenters. The zero-order valence-corrected chi connectivity index (χ0v) is 8.77. The second-order valence-corrected chi connectivity index (χ2v) is 4.11. The van der Waals surface area contributed by atoms with Crippen molar-refractivity contribution in [1.82, 2.24) is 4.90 Å². The van der Waals surface area contributed by atoms with Crippen LogP contribution in [0.25, 0.3) is 0 Å². The van der Waals surface area contributed by atoms with Crippen molar-refractivity contribution in [3.8, 4) is 0 Å². The fourth-order valence-electron chi connectivity index (χ4n) is 1.73. The zero-order chi connectivity index (χ0) is 9.42. The van der Waals surface area contributed by atoms with E-state index in [4.69, 9.17) is 12.2 Å². The van der Waals surface area contributed by atoms with Gasteiger partial charge in [0.1, 0.15) is 0 Å². The Hall–Kier alpha value is -0.890. The molecule has 13 heavy (non-hydrogen) atoms. The van der Waals surface area contributed by atoms with E-state index in [0.29, 0.717) is 6.04 Å². The lowest BCUT2D eigenvalue weighted by atomic mass is 9.94. The molecule has 1 aromatic rings. The number of thiocarbonyl (C=S) groups is 1. The predicted molar refractivity (Wildman–Crippen MR) is 58.9 cm³/mol. The molecule has 1 heterocycles. The molecule has 0 bridgehead atoms. The maximum absolute atomic E-state index is 5.14. The number of hydrogen-bond donors (Lipinski definition) is 0. The van der Waals surface area contributed by atoms with E-state index in [0.717, 1.165) is 11.4 Å². The van der Waals surface area contributed by atoms with Crippen LogP contribution in [0.2, 0.25) is 0 Å².